The first-order valence-electron chi connectivity index (χ1n) is 7.69. The van der Waals surface area contributed by atoms with Gasteiger partial charge in [0.25, 0.3) is 0 Å². The largest absolute Gasteiger partial charge is 0.497 e. The zero-order valence-corrected chi connectivity index (χ0v) is 14.1. The third kappa shape index (κ3) is 7.75. The summed E-state index contributed by atoms with van der Waals surface area (Å²) < 4.78 is 15.9. The Morgan fingerprint density at radius 2 is 2.00 bits per heavy atom. The molecule has 1 aromatic carbocycles. The van der Waals surface area contributed by atoms with Crippen LogP contribution < -0.4 is 4.74 Å². The summed E-state index contributed by atoms with van der Waals surface area (Å²) in [5.41, 5.74) is 1.15. The number of hydrogen-bond donors (Lipinski definition) is 1. The van der Waals surface area contributed by atoms with E-state index in [4.69, 9.17) is 14.2 Å². The summed E-state index contributed by atoms with van der Waals surface area (Å²) in [7, 11) is 3.34. The normalized spacial score (nSPS) is 12.9. The number of hydrogen-bond acceptors (Lipinski definition) is 5. The number of benzene rings is 1. The van der Waals surface area contributed by atoms with Crippen molar-refractivity contribution in [2.24, 2.45) is 0 Å². The van der Waals surface area contributed by atoms with E-state index in [1.165, 1.54) is 0 Å². The zero-order chi connectivity index (χ0) is 16.4. The summed E-state index contributed by atoms with van der Waals surface area (Å²) in [5.74, 6) is 0.841. The average molecular weight is 311 g/mol. The molecule has 5 heteroatoms. The van der Waals surface area contributed by atoms with Gasteiger partial charge in [-0.3, -0.25) is 4.90 Å². The van der Waals surface area contributed by atoms with Crippen LogP contribution in [0.4, 0.5) is 0 Å². The van der Waals surface area contributed by atoms with Gasteiger partial charge >= 0.3 is 0 Å². The number of ether oxygens (including phenoxy) is 3. The minimum Gasteiger partial charge on any atom is -0.497 e. The van der Waals surface area contributed by atoms with Crippen LogP contribution in [-0.4, -0.2) is 62.7 Å². The molecule has 0 saturated heterocycles. The number of aliphatic hydroxyl groups excluding tert-OH is 1. The van der Waals surface area contributed by atoms with Crippen molar-refractivity contribution in [3.8, 4) is 5.75 Å². The molecule has 1 aromatic rings. The Morgan fingerprint density at radius 3 is 2.64 bits per heavy atom. The molecule has 126 valence electrons. The van der Waals surface area contributed by atoms with Gasteiger partial charge in [-0.05, 0) is 31.5 Å². The van der Waals surface area contributed by atoms with E-state index in [0.29, 0.717) is 19.8 Å². The molecule has 0 heterocycles. The third-order valence-electron chi connectivity index (χ3n) is 3.24. The van der Waals surface area contributed by atoms with Crippen LogP contribution in [-0.2, 0) is 16.0 Å². The summed E-state index contributed by atoms with van der Waals surface area (Å²) in [4.78, 5) is 2.16. The second kappa shape index (κ2) is 10.6. The summed E-state index contributed by atoms with van der Waals surface area (Å²) in [6.45, 7) is 6.94. The molecule has 0 spiro atoms. The fourth-order valence-electron chi connectivity index (χ4n) is 2.14. The monoisotopic (exact) mass is 311 g/mol. The van der Waals surface area contributed by atoms with Crippen LogP contribution in [0.2, 0.25) is 0 Å². The van der Waals surface area contributed by atoms with E-state index in [0.717, 1.165) is 24.4 Å². The Morgan fingerprint density at radius 1 is 1.23 bits per heavy atom. The first kappa shape index (κ1) is 18.9. The quantitative estimate of drug-likeness (QED) is 0.677. The van der Waals surface area contributed by atoms with Crippen LogP contribution in [0, 0.1) is 0 Å². The van der Waals surface area contributed by atoms with Gasteiger partial charge in [-0.25, -0.2) is 0 Å². The van der Waals surface area contributed by atoms with Crippen molar-refractivity contribution < 1.29 is 19.3 Å². The number of nitrogens with zero attached hydrogens (tertiary/aromatic N) is 1. The highest BCUT2D eigenvalue weighted by molar-refractivity contribution is 5.28. The molecule has 1 rings (SSSR count). The summed E-state index contributed by atoms with van der Waals surface area (Å²) >= 11 is 0. The van der Waals surface area contributed by atoms with Gasteiger partial charge < -0.3 is 19.3 Å². The van der Waals surface area contributed by atoms with Gasteiger partial charge in [-0.15, -0.1) is 0 Å². The van der Waals surface area contributed by atoms with Crippen molar-refractivity contribution in [2.75, 3.05) is 40.5 Å². The predicted octanol–water partition coefficient (Wildman–Crippen LogP) is 1.93. The Labute approximate surface area is 133 Å². The molecule has 0 radical (unpaired) electrons. The molecule has 1 unspecified atom stereocenters. The van der Waals surface area contributed by atoms with Crippen LogP contribution in [0.3, 0.4) is 0 Å². The molecule has 0 aliphatic carbocycles. The molecule has 5 nitrogen and oxygen atoms in total. The molecule has 0 amide bonds. The third-order valence-corrected chi connectivity index (χ3v) is 3.24. The Hall–Kier alpha value is -1.14. The number of methoxy groups -OCH3 is 2. The second-order valence-corrected chi connectivity index (χ2v) is 5.62. The van der Waals surface area contributed by atoms with E-state index < -0.39 is 6.10 Å². The molecular formula is C17H29NO4. The van der Waals surface area contributed by atoms with Crippen LogP contribution in [0.25, 0.3) is 0 Å². The van der Waals surface area contributed by atoms with Gasteiger partial charge in [0.05, 0.1) is 32.5 Å². The Balaban J connectivity index is 2.58. The minimum atomic E-state index is -0.509. The van der Waals surface area contributed by atoms with Crippen LogP contribution in [0.1, 0.15) is 19.4 Å². The lowest BCUT2D eigenvalue weighted by Gasteiger charge is -2.25. The molecule has 1 atom stereocenters. The van der Waals surface area contributed by atoms with Crippen molar-refractivity contribution in [3.05, 3.63) is 29.8 Å². The molecule has 22 heavy (non-hydrogen) atoms. The Bertz CT molecular complexity index is 411. The molecule has 0 saturated carbocycles. The molecule has 1 N–H and O–H groups in total. The zero-order valence-electron chi connectivity index (χ0n) is 14.1. The maximum Gasteiger partial charge on any atom is 0.119 e. The lowest BCUT2D eigenvalue weighted by molar-refractivity contribution is -0.0121. The van der Waals surface area contributed by atoms with E-state index in [2.05, 4.69) is 11.0 Å². The van der Waals surface area contributed by atoms with Gasteiger partial charge in [0.2, 0.25) is 0 Å². The summed E-state index contributed by atoms with van der Waals surface area (Å²) in [5, 5.41) is 10.1. The highest BCUT2D eigenvalue weighted by Crippen LogP contribution is 2.14. The van der Waals surface area contributed by atoms with Crippen LogP contribution >= 0.6 is 0 Å². The van der Waals surface area contributed by atoms with E-state index in [1.807, 2.05) is 32.0 Å². The van der Waals surface area contributed by atoms with Gasteiger partial charge in [0.15, 0.2) is 0 Å². The minimum absolute atomic E-state index is 0.125. The summed E-state index contributed by atoms with van der Waals surface area (Å²) in [6, 6.07) is 7.96. The van der Waals surface area contributed by atoms with Crippen molar-refractivity contribution in [3.63, 3.8) is 0 Å². The lowest BCUT2D eigenvalue weighted by atomic mass is 10.2. The maximum absolute atomic E-state index is 10.1. The Kier molecular flexibility index (Phi) is 9.08. The predicted molar refractivity (Wildman–Crippen MR) is 87.2 cm³/mol. The van der Waals surface area contributed by atoms with Gasteiger partial charge in [-0.1, -0.05) is 12.1 Å². The fraction of sp³-hybridized carbons (Fsp3) is 0.647. The molecule has 0 bridgehead atoms. The first-order valence-corrected chi connectivity index (χ1v) is 7.69. The van der Waals surface area contributed by atoms with E-state index in [9.17, 15) is 5.11 Å². The van der Waals surface area contributed by atoms with E-state index in [-0.39, 0.29) is 6.10 Å². The standard InChI is InChI=1S/C17H29NO4/c1-14(2)22-13-16(19)12-18(8-9-20-3)11-15-6-5-7-17(10-15)21-4/h5-7,10,14,16,19H,8-9,11-13H2,1-4H3. The number of rotatable bonds is 11. The molecule has 0 fully saturated rings. The van der Waals surface area contributed by atoms with E-state index in [1.54, 1.807) is 14.2 Å². The first-order chi connectivity index (χ1) is 10.5. The molecule has 0 aliphatic heterocycles. The van der Waals surface area contributed by atoms with Gasteiger partial charge in [-0.2, -0.15) is 0 Å². The highest BCUT2D eigenvalue weighted by Gasteiger charge is 2.13. The highest BCUT2D eigenvalue weighted by atomic mass is 16.5. The van der Waals surface area contributed by atoms with Gasteiger partial charge in [0, 0.05) is 26.7 Å². The SMILES string of the molecule is COCCN(Cc1cccc(OC)c1)CC(O)COC(C)C. The van der Waals surface area contributed by atoms with Crippen molar-refractivity contribution in [1.29, 1.82) is 0 Å². The van der Waals surface area contributed by atoms with E-state index >= 15 is 0 Å². The summed E-state index contributed by atoms with van der Waals surface area (Å²) in [6.07, 6.45) is -0.384. The molecule has 0 aliphatic rings. The topological polar surface area (TPSA) is 51.2 Å². The smallest absolute Gasteiger partial charge is 0.119 e. The van der Waals surface area contributed by atoms with Gasteiger partial charge in [0.1, 0.15) is 5.75 Å². The average Bonchev–Trinajstić information content (AvgIpc) is 2.50. The number of aliphatic hydroxyl groups is 1. The van der Waals surface area contributed by atoms with Crippen molar-refractivity contribution in [2.45, 2.75) is 32.6 Å². The van der Waals surface area contributed by atoms with Crippen LogP contribution in [0.15, 0.2) is 24.3 Å². The fourth-order valence-corrected chi connectivity index (χ4v) is 2.14. The molecule has 0 aromatic heterocycles. The van der Waals surface area contributed by atoms with Crippen LogP contribution in [0.5, 0.6) is 5.75 Å². The maximum atomic E-state index is 10.1. The lowest BCUT2D eigenvalue weighted by Crippen LogP contribution is -2.37. The van der Waals surface area contributed by atoms with Crippen molar-refractivity contribution >= 4 is 0 Å². The van der Waals surface area contributed by atoms with Crippen molar-refractivity contribution in [1.82, 2.24) is 4.90 Å². The second-order valence-electron chi connectivity index (χ2n) is 5.62. The molecular weight excluding hydrogens is 282 g/mol.